The number of nitrogens with one attached hydrogen (secondary N) is 2. The summed E-state index contributed by atoms with van der Waals surface area (Å²) in [6, 6.07) is 18.4. The van der Waals surface area contributed by atoms with Crippen molar-refractivity contribution >= 4 is 44.5 Å². The predicted molar refractivity (Wildman–Crippen MR) is 112 cm³/mol. The normalized spacial score (nSPS) is 11.6. The highest BCUT2D eigenvalue weighted by atomic mass is 32.1. The van der Waals surface area contributed by atoms with Gasteiger partial charge in [-0.15, -0.1) is 11.3 Å². The van der Waals surface area contributed by atoms with Gasteiger partial charge in [0, 0.05) is 33.6 Å². The van der Waals surface area contributed by atoms with Gasteiger partial charge in [0.15, 0.2) is 5.82 Å². The van der Waals surface area contributed by atoms with Crippen LogP contribution in [0.2, 0.25) is 0 Å². The Bertz CT molecular complexity index is 1250. The molecule has 0 radical (unpaired) electrons. The highest BCUT2D eigenvalue weighted by Gasteiger charge is 2.12. The van der Waals surface area contributed by atoms with Gasteiger partial charge in [0.2, 0.25) is 0 Å². The highest BCUT2D eigenvalue weighted by Crippen LogP contribution is 2.36. The van der Waals surface area contributed by atoms with Crippen LogP contribution in [0.1, 0.15) is 5.56 Å². The van der Waals surface area contributed by atoms with Gasteiger partial charge in [-0.25, -0.2) is 9.97 Å². The Morgan fingerprint density at radius 1 is 1.00 bits per heavy atom. The van der Waals surface area contributed by atoms with Gasteiger partial charge in [-0.1, -0.05) is 48.5 Å². The second-order valence-electron chi connectivity index (χ2n) is 6.08. The van der Waals surface area contributed by atoms with Crippen LogP contribution in [0.5, 0.6) is 0 Å². The number of aromatic nitrogens is 3. The van der Waals surface area contributed by atoms with Gasteiger partial charge in [0.25, 0.3) is 0 Å². The number of benzene rings is 2. The van der Waals surface area contributed by atoms with Crippen LogP contribution in [0.25, 0.3) is 32.2 Å². The van der Waals surface area contributed by atoms with Crippen LogP contribution < -0.4 is 5.43 Å². The Morgan fingerprint density at radius 3 is 2.78 bits per heavy atom. The summed E-state index contributed by atoms with van der Waals surface area (Å²) in [5, 5.41) is 8.66. The van der Waals surface area contributed by atoms with E-state index in [0.29, 0.717) is 5.82 Å². The zero-order valence-corrected chi connectivity index (χ0v) is 15.1. The number of anilines is 1. The third-order valence-corrected chi connectivity index (χ3v) is 5.34. The van der Waals surface area contributed by atoms with Crippen molar-refractivity contribution in [3.8, 4) is 11.1 Å². The van der Waals surface area contributed by atoms with E-state index < -0.39 is 0 Å². The molecule has 5 aromatic rings. The number of rotatable bonds is 4. The number of hydrogen-bond acceptors (Lipinski definition) is 5. The molecule has 130 valence electrons. The lowest BCUT2D eigenvalue weighted by Gasteiger charge is -2.04. The molecule has 2 N–H and O–H groups in total. The fraction of sp³-hybridized carbons (Fsp3) is 0. The first-order valence-electron chi connectivity index (χ1n) is 8.53. The molecule has 5 rings (SSSR count). The predicted octanol–water partition coefficient (Wildman–Crippen LogP) is 5.29. The molecule has 0 aliphatic carbocycles. The van der Waals surface area contributed by atoms with E-state index in [2.05, 4.69) is 49.1 Å². The Labute approximate surface area is 159 Å². The van der Waals surface area contributed by atoms with E-state index in [1.165, 1.54) is 0 Å². The number of hydrogen-bond donors (Lipinski definition) is 2. The molecule has 0 spiro atoms. The van der Waals surface area contributed by atoms with E-state index in [9.17, 15) is 0 Å². The average molecular weight is 369 g/mol. The smallest absolute Gasteiger partial charge is 0.159 e. The van der Waals surface area contributed by atoms with Crippen LogP contribution in [-0.4, -0.2) is 21.2 Å². The van der Waals surface area contributed by atoms with Crippen molar-refractivity contribution in [3.63, 3.8) is 0 Å². The second kappa shape index (κ2) is 6.66. The highest BCUT2D eigenvalue weighted by molar-refractivity contribution is 7.17. The lowest BCUT2D eigenvalue weighted by Crippen LogP contribution is -1.95. The van der Waals surface area contributed by atoms with Crippen LogP contribution >= 0.6 is 11.3 Å². The minimum Gasteiger partial charge on any atom is -0.361 e. The molecule has 0 aliphatic rings. The van der Waals surface area contributed by atoms with E-state index in [1.807, 2.05) is 42.6 Å². The third-order valence-electron chi connectivity index (χ3n) is 4.45. The standard InChI is InChI=1S/C21H15N5S/c1-2-6-14(7-3-1)17-12-27-21-19(17)20(23-13-24-21)26-25-11-15-10-22-18-9-5-4-8-16(15)18/h1-13,22H,(H,23,24,26)/b25-11+. The minimum atomic E-state index is 0.705. The molecule has 3 aromatic heterocycles. The van der Waals surface area contributed by atoms with Gasteiger partial charge in [0.05, 0.1) is 11.6 Å². The topological polar surface area (TPSA) is 66.0 Å². The summed E-state index contributed by atoms with van der Waals surface area (Å²) in [6.45, 7) is 0. The molecule has 0 atom stereocenters. The molecule has 27 heavy (non-hydrogen) atoms. The first-order valence-corrected chi connectivity index (χ1v) is 9.41. The molecule has 0 saturated carbocycles. The Balaban J connectivity index is 1.51. The summed E-state index contributed by atoms with van der Waals surface area (Å²) < 4.78 is 0. The van der Waals surface area contributed by atoms with Crippen molar-refractivity contribution in [1.29, 1.82) is 0 Å². The van der Waals surface area contributed by atoms with Crippen LogP contribution in [-0.2, 0) is 0 Å². The van der Waals surface area contributed by atoms with Gasteiger partial charge >= 0.3 is 0 Å². The number of nitrogens with zero attached hydrogens (tertiary/aromatic N) is 3. The van der Waals surface area contributed by atoms with Crippen LogP contribution in [0, 0.1) is 0 Å². The first-order chi connectivity index (χ1) is 13.4. The number of aromatic amines is 1. The maximum atomic E-state index is 4.42. The van der Waals surface area contributed by atoms with Gasteiger partial charge in [-0.05, 0) is 11.6 Å². The van der Waals surface area contributed by atoms with Crippen LogP contribution in [0.3, 0.4) is 0 Å². The maximum absolute atomic E-state index is 4.42. The molecule has 2 aromatic carbocycles. The lowest BCUT2D eigenvalue weighted by molar-refractivity contribution is 1.19. The molecule has 3 heterocycles. The minimum absolute atomic E-state index is 0.705. The number of hydrazone groups is 1. The van der Waals surface area contributed by atoms with E-state index >= 15 is 0 Å². The van der Waals surface area contributed by atoms with Crippen molar-refractivity contribution in [2.75, 3.05) is 5.43 Å². The van der Waals surface area contributed by atoms with Crippen molar-refractivity contribution in [3.05, 3.63) is 78.1 Å². The van der Waals surface area contributed by atoms with E-state index in [4.69, 9.17) is 0 Å². The summed E-state index contributed by atoms with van der Waals surface area (Å²) in [5.41, 5.74) is 7.47. The summed E-state index contributed by atoms with van der Waals surface area (Å²) in [4.78, 5) is 13.0. The first kappa shape index (κ1) is 15.7. The average Bonchev–Trinajstić information content (AvgIpc) is 3.34. The van der Waals surface area contributed by atoms with E-state index in [-0.39, 0.29) is 0 Å². The number of para-hydroxylation sites is 1. The SMILES string of the molecule is C(=N\Nc1ncnc2scc(-c3ccccc3)c12)/c1c[nH]c2ccccc12. The summed E-state index contributed by atoms with van der Waals surface area (Å²) >= 11 is 1.61. The molecule has 0 bridgehead atoms. The summed E-state index contributed by atoms with van der Waals surface area (Å²) in [6.07, 6.45) is 5.32. The van der Waals surface area contributed by atoms with Gasteiger partial charge in [-0.3, -0.25) is 5.43 Å². The molecule has 6 heteroatoms. The van der Waals surface area contributed by atoms with Gasteiger partial charge in [-0.2, -0.15) is 5.10 Å². The number of fused-ring (bicyclic) bond motifs is 2. The maximum Gasteiger partial charge on any atom is 0.159 e. The van der Waals surface area contributed by atoms with E-state index in [1.54, 1.807) is 23.9 Å². The molecular formula is C21H15N5S. The van der Waals surface area contributed by atoms with Gasteiger partial charge < -0.3 is 4.98 Å². The molecule has 0 saturated heterocycles. The number of H-pyrrole nitrogens is 1. The lowest BCUT2D eigenvalue weighted by atomic mass is 10.1. The third kappa shape index (κ3) is 2.86. The second-order valence-corrected chi connectivity index (χ2v) is 6.94. The Morgan fingerprint density at radius 2 is 1.85 bits per heavy atom. The Hall–Kier alpha value is -3.51. The van der Waals surface area contributed by atoms with Gasteiger partial charge in [0.1, 0.15) is 11.2 Å². The molecule has 0 unspecified atom stereocenters. The molecule has 5 nitrogen and oxygen atoms in total. The molecule has 0 fully saturated rings. The molecule has 0 amide bonds. The summed E-state index contributed by atoms with van der Waals surface area (Å²) in [5.74, 6) is 0.705. The monoisotopic (exact) mass is 369 g/mol. The van der Waals surface area contributed by atoms with Crippen molar-refractivity contribution < 1.29 is 0 Å². The quantitative estimate of drug-likeness (QED) is 0.334. The summed E-state index contributed by atoms with van der Waals surface area (Å²) in [7, 11) is 0. The zero-order valence-electron chi connectivity index (χ0n) is 14.3. The zero-order chi connectivity index (χ0) is 18.1. The number of thiophene rings is 1. The van der Waals surface area contributed by atoms with E-state index in [0.717, 1.165) is 37.8 Å². The molecular weight excluding hydrogens is 354 g/mol. The van der Waals surface area contributed by atoms with Crippen molar-refractivity contribution in [2.45, 2.75) is 0 Å². The fourth-order valence-electron chi connectivity index (χ4n) is 3.15. The largest absolute Gasteiger partial charge is 0.361 e. The fourth-order valence-corrected chi connectivity index (χ4v) is 4.07. The van der Waals surface area contributed by atoms with Crippen molar-refractivity contribution in [1.82, 2.24) is 15.0 Å². The van der Waals surface area contributed by atoms with Crippen molar-refractivity contribution in [2.24, 2.45) is 5.10 Å². The van der Waals surface area contributed by atoms with Crippen LogP contribution in [0.4, 0.5) is 5.82 Å². The Kier molecular flexibility index (Phi) is 3.88. The molecule has 0 aliphatic heterocycles. The van der Waals surface area contributed by atoms with Crippen LogP contribution in [0.15, 0.2) is 77.6 Å².